The highest BCUT2D eigenvalue weighted by Crippen LogP contribution is 2.31. The average Bonchev–Trinajstić information content (AvgIpc) is 3.25. The lowest BCUT2D eigenvalue weighted by Gasteiger charge is -2.10. The topological polar surface area (TPSA) is 59.8 Å². The van der Waals surface area contributed by atoms with Crippen LogP contribution in [0, 0.1) is 5.82 Å². The van der Waals surface area contributed by atoms with E-state index in [1.165, 1.54) is 25.0 Å². The summed E-state index contributed by atoms with van der Waals surface area (Å²) in [5.74, 6) is -0.866. The second-order valence-corrected chi connectivity index (χ2v) is 7.17. The van der Waals surface area contributed by atoms with Gasteiger partial charge in [0.1, 0.15) is 11.3 Å². The van der Waals surface area contributed by atoms with Gasteiger partial charge in [-0.2, -0.15) is 0 Å². The van der Waals surface area contributed by atoms with Crippen LogP contribution in [-0.4, -0.2) is 20.9 Å². The van der Waals surface area contributed by atoms with Gasteiger partial charge in [-0.05, 0) is 49.2 Å². The van der Waals surface area contributed by atoms with E-state index < -0.39 is 5.82 Å². The fourth-order valence-corrected chi connectivity index (χ4v) is 3.62. The average molecular weight is 403 g/mol. The molecule has 1 aromatic heterocycles. The minimum Gasteiger partial charge on any atom is -0.319 e. The molecular formula is C18H16BrFN4O. The Kier molecular flexibility index (Phi) is 4.25. The molecule has 128 valence electrons. The number of rotatable bonds is 3. The monoisotopic (exact) mass is 402 g/mol. The van der Waals surface area contributed by atoms with Gasteiger partial charge < -0.3 is 5.32 Å². The molecular weight excluding hydrogens is 387 g/mol. The molecule has 5 nitrogen and oxygen atoms in total. The van der Waals surface area contributed by atoms with Crippen LogP contribution in [0.15, 0.2) is 40.9 Å². The Morgan fingerprint density at radius 3 is 2.76 bits per heavy atom. The van der Waals surface area contributed by atoms with E-state index in [9.17, 15) is 9.18 Å². The SMILES string of the molecule is O=C(Nc1ccc(Br)cc1F)c1ccc2c(c1)nnn2C1CCCC1. The summed E-state index contributed by atoms with van der Waals surface area (Å²) in [5.41, 5.74) is 2.17. The maximum absolute atomic E-state index is 13.9. The largest absolute Gasteiger partial charge is 0.319 e. The van der Waals surface area contributed by atoms with Gasteiger partial charge in [-0.15, -0.1) is 5.10 Å². The molecule has 1 amide bonds. The molecule has 0 spiro atoms. The molecule has 2 aromatic carbocycles. The van der Waals surface area contributed by atoms with E-state index in [1.807, 2.05) is 10.7 Å². The first-order chi connectivity index (χ1) is 12.1. The molecule has 0 aliphatic heterocycles. The molecule has 1 heterocycles. The molecule has 3 aromatic rings. The molecule has 0 unspecified atom stereocenters. The van der Waals surface area contributed by atoms with Gasteiger partial charge in [0.05, 0.1) is 17.2 Å². The lowest BCUT2D eigenvalue weighted by molar-refractivity contribution is 0.102. The number of nitrogens with one attached hydrogen (secondary N) is 1. The van der Waals surface area contributed by atoms with Crippen LogP contribution in [0.5, 0.6) is 0 Å². The number of amides is 1. The van der Waals surface area contributed by atoms with Gasteiger partial charge in [0.15, 0.2) is 0 Å². The number of carbonyl (C=O) groups is 1. The fraction of sp³-hybridized carbons (Fsp3) is 0.278. The van der Waals surface area contributed by atoms with Gasteiger partial charge in [-0.25, -0.2) is 9.07 Å². The van der Waals surface area contributed by atoms with E-state index in [2.05, 4.69) is 31.6 Å². The van der Waals surface area contributed by atoms with Crippen LogP contribution in [0.3, 0.4) is 0 Å². The van der Waals surface area contributed by atoms with Gasteiger partial charge in [0.2, 0.25) is 0 Å². The van der Waals surface area contributed by atoms with Gasteiger partial charge in [0, 0.05) is 10.0 Å². The van der Waals surface area contributed by atoms with Crippen molar-refractivity contribution in [3.63, 3.8) is 0 Å². The van der Waals surface area contributed by atoms with Gasteiger partial charge in [-0.3, -0.25) is 4.79 Å². The smallest absolute Gasteiger partial charge is 0.255 e. The van der Waals surface area contributed by atoms with Crippen LogP contribution in [0.4, 0.5) is 10.1 Å². The molecule has 1 aliphatic carbocycles. The van der Waals surface area contributed by atoms with Crippen LogP contribution in [0.1, 0.15) is 42.1 Å². The zero-order valence-corrected chi connectivity index (χ0v) is 15.0. The van der Waals surface area contributed by atoms with Crippen molar-refractivity contribution in [1.82, 2.24) is 15.0 Å². The minimum absolute atomic E-state index is 0.142. The molecule has 1 fully saturated rings. The number of benzene rings is 2. The Morgan fingerprint density at radius 1 is 1.20 bits per heavy atom. The van der Waals surface area contributed by atoms with Crippen LogP contribution >= 0.6 is 15.9 Å². The number of halogens is 2. The first kappa shape index (κ1) is 16.2. The van der Waals surface area contributed by atoms with Crippen molar-refractivity contribution in [1.29, 1.82) is 0 Å². The van der Waals surface area contributed by atoms with Crippen molar-refractivity contribution in [2.75, 3.05) is 5.32 Å². The summed E-state index contributed by atoms with van der Waals surface area (Å²) in [6, 6.07) is 10.2. The molecule has 1 aliphatic rings. The summed E-state index contributed by atoms with van der Waals surface area (Å²) in [6.45, 7) is 0. The van der Waals surface area contributed by atoms with Crippen molar-refractivity contribution in [3.05, 3.63) is 52.3 Å². The summed E-state index contributed by atoms with van der Waals surface area (Å²) in [5, 5.41) is 11.0. The highest BCUT2D eigenvalue weighted by atomic mass is 79.9. The van der Waals surface area contributed by atoms with E-state index >= 15 is 0 Å². The Bertz CT molecular complexity index is 949. The van der Waals surface area contributed by atoms with E-state index in [0.717, 1.165) is 18.4 Å². The molecule has 0 radical (unpaired) electrons. The second-order valence-electron chi connectivity index (χ2n) is 6.25. The molecule has 1 saturated carbocycles. The normalized spacial score (nSPS) is 15.0. The minimum atomic E-state index is -0.490. The van der Waals surface area contributed by atoms with Gasteiger partial charge in [0.25, 0.3) is 5.91 Å². The zero-order valence-electron chi connectivity index (χ0n) is 13.4. The number of fused-ring (bicyclic) bond motifs is 1. The van der Waals surface area contributed by atoms with Crippen molar-refractivity contribution < 1.29 is 9.18 Å². The van der Waals surface area contributed by atoms with E-state index in [4.69, 9.17) is 0 Å². The van der Waals surface area contributed by atoms with Crippen LogP contribution in [0.2, 0.25) is 0 Å². The predicted molar refractivity (Wildman–Crippen MR) is 97.1 cm³/mol. The highest BCUT2D eigenvalue weighted by molar-refractivity contribution is 9.10. The standard InChI is InChI=1S/C18H16BrFN4O/c19-12-6-7-15(14(20)10-12)21-18(25)11-5-8-17-16(9-11)22-23-24(17)13-3-1-2-4-13/h5-10,13H,1-4H2,(H,21,25). The summed E-state index contributed by atoms with van der Waals surface area (Å²) in [6.07, 6.45) is 4.66. The Labute approximate surface area is 152 Å². The third-order valence-electron chi connectivity index (χ3n) is 4.58. The maximum Gasteiger partial charge on any atom is 0.255 e. The first-order valence-electron chi connectivity index (χ1n) is 8.23. The van der Waals surface area contributed by atoms with Crippen LogP contribution < -0.4 is 5.32 Å². The van der Waals surface area contributed by atoms with Gasteiger partial charge >= 0.3 is 0 Å². The van der Waals surface area contributed by atoms with Crippen molar-refractivity contribution >= 4 is 38.6 Å². The van der Waals surface area contributed by atoms with E-state index in [0.29, 0.717) is 21.6 Å². The summed E-state index contributed by atoms with van der Waals surface area (Å²) < 4.78 is 16.5. The zero-order chi connectivity index (χ0) is 17.4. The number of aromatic nitrogens is 3. The van der Waals surface area contributed by atoms with Crippen molar-refractivity contribution in [2.24, 2.45) is 0 Å². The van der Waals surface area contributed by atoms with Crippen molar-refractivity contribution in [2.45, 2.75) is 31.7 Å². The van der Waals surface area contributed by atoms with E-state index in [1.54, 1.807) is 18.2 Å². The predicted octanol–water partition coefficient (Wildman–Crippen LogP) is 4.70. The Balaban J connectivity index is 1.59. The summed E-state index contributed by atoms with van der Waals surface area (Å²) >= 11 is 3.19. The molecule has 0 saturated heterocycles. The Morgan fingerprint density at radius 2 is 2.00 bits per heavy atom. The molecule has 0 atom stereocenters. The van der Waals surface area contributed by atoms with Crippen LogP contribution in [-0.2, 0) is 0 Å². The van der Waals surface area contributed by atoms with Crippen molar-refractivity contribution in [3.8, 4) is 0 Å². The molecule has 1 N–H and O–H groups in total. The second kappa shape index (κ2) is 6.55. The maximum atomic E-state index is 13.9. The summed E-state index contributed by atoms with van der Waals surface area (Å²) in [7, 11) is 0. The fourth-order valence-electron chi connectivity index (χ4n) is 3.29. The summed E-state index contributed by atoms with van der Waals surface area (Å²) in [4.78, 5) is 12.4. The van der Waals surface area contributed by atoms with Crippen LogP contribution in [0.25, 0.3) is 11.0 Å². The lowest BCUT2D eigenvalue weighted by Crippen LogP contribution is -2.13. The molecule has 25 heavy (non-hydrogen) atoms. The number of nitrogens with zero attached hydrogens (tertiary/aromatic N) is 3. The first-order valence-corrected chi connectivity index (χ1v) is 9.02. The van der Waals surface area contributed by atoms with Gasteiger partial charge in [-0.1, -0.05) is 34.0 Å². The number of carbonyl (C=O) groups excluding carboxylic acids is 1. The Hall–Kier alpha value is -2.28. The molecule has 4 rings (SSSR count). The number of hydrogen-bond donors (Lipinski definition) is 1. The quantitative estimate of drug-likeness (QED) is 0.690. The third-order valence-corrected chi connectivity index (χ3v) is 5.08. The number of anilines is 1. The highest BCUT2D eigenvalue weighted by Gasteiger charge is 2.20. The molecule has 0 bridgehead atoms. The lowest BCUT2D eigenvalue weighted by atomic mass is 10.1. The molecule has 7 heteroatoms. The number of hydrogen-bond acceptors (Lipinski definition) is 3. The van der Waals surface area contributed by atoms with E-state index in [-0.39, 0.29) is 11.6 Å². The third kappa shape index (κ3) is 3.16.